The molecule has 0 aromatic carbocycles. The van der Waals surface area contributed by atoms with Gasteiger partial charge in [-0.15, -0.1) is 0 Å². The second-order valence-electron chi connectivity index (χ2n) is 1.73. The topological polar surface area (TPSA) is 42.0 Å². The fourth-order valence-electron chi connectivity index (χ4n) is 0.548. The van der Waals surface area contributed by atoms with Gasteiger partial charge in [0, 0.05) is 23.9 Å². The van der Waals surface area contributed by atoms with E-state index in [1.165, 1.54) is 7.05 Å². The number of carbonyl (C=O) groups excluding carboxylic acids is 1. The minimum Gasteiger partial charge on any atom is -0.355 e. The smallest absolute Gasteiger partial charge is 0.253 e. The summed E-state index contributed by atoms with van der Waals surface area (Å²) in [4.78, 5) is 14.7. The summed E-state index contributed by atoms with van der Waals surface area (Å²) in [6, 6.07) is -0.195. The Kier molecular flexibility index (Phi) is 1.54. The van der Waals surface area contributed by atoms with Crippen molar-refractivity contribution < 1.29 is 8.91 Å². The Labute approximate surface area is 77.2 Å². The predicted octanol–water partition coefficient (Wildman–Crippen LogP) is 1.20. The number of pyridine rings is 1. The lowest BCUT2D eigenvalue weighted by atomic mass is 10.3. The molecule has 4 heteroatoms. The van der Waals surface area contributed by atoms with Crippen LogP contribution in [0.4, 0.5) is 0 Å². The molecular formula is C7H7BrN2O. The molecule has 0 fully saturated rings. The molecule has 0 aliphatic rings. The fraction of sp³-hybridized carbons (Fsp3) is 0.143. The van der Waals surface area contributed by atoms with E-state index < -0.39 is 5.91 Å². The molecule has 0 bridgehead atoms. The average Bonchev–Trinajstić information content (AvgIpc) is 2.14. The van der Waals surface area contributed by atoms with Gasteiger partial charge in [-0.05, 0) is 22.0 Å². The molecule has 1 rings (SSSR count). The van der Waals surface area contributed by atoms with Crippen LogP contribution in [0.25, 0.3) is 0 Å². The molecule has 3 nitrogen and oxygen atoms in total. The summed E-state index contributed by atoms with van der Waals surface area (Å²) in [5.74, 6) is -0.497. The Morgan fingerprint density at radius 1 is 1.91 bits per heavy atom. The highest BCUT2D eigenvalue weighted by Gasteiger charge is 2.05. The second kappa shape index (κ2) is 3.48. The van der Waals surface area contributed by atoms with Crippen molar-refractivity contribution in [3.63, 3.8) is 0 Å². The maximum Gasteiger partial charge on any atom is 0.253 e. The van der Waals surface area contributed by atoms with E-state index in [1.54, 1.807) is 0 Å². The molecule has 11 heavy (non-hydrogen) atoms. The fourth-order valence-corrected chi connectivity index (χ4v) is 0.905. The molecule has 0 spiro atoms. The van der Waals surface area contributed by atoms with E-state index in [9.17, 15) is 4.79 Å². The lowest BCUT2D eigenvalue weighted by Crippen LogP contribution is -2.18. The van der Waals surface area contributed by atoms with Crippen LogP contribution in [0.1, 0.15) is 14.5 Å². The molecule has 1 aromatic heterocycles. The summed E-state index contributed by atoms with van der Waals surface area (Å²) in [7, 11) is 1.42. The minimum atomic E-state index is -0.497. The lowest BCUT2D eigenvalue weighted by Gasteiger charge is -1.99. The van der Waals surface area contributed by atoms with Crippen LogP contribution in [0.15, 0.2) is 22.9 Å². The second-order valence-corrected chi connectivity index (χ2v) is 2.52. The van der Waals surface area contributed by atoms with Crippen molar-refractivity contribution in [3.8, 4) is 0 Å². The van der Waals surface area contributed by atoms with Crippen molar-refractivity contribution in [3.05, 3.63) is 28.4 Å². The van der Waals surface area contributed by atoms with Crippen LogP contribution < -0.4 is 5.32 Å². The van der Waals surface area contributed by atoms with Crippen LogP contribution >= 0.6 is 15.9 Å². The Morgan fingerprint density at radius 2 is 2.64 bits per heavy atom. The van der Waals surface area contributed by atoms with Gasteiger partial charge in [0.05, 0.1) is 9.68 Å². The predicted molar refractivity (Wildman–Crippen MR) is 45.3 cm³/mol. The summed E-state index contributed by atoms with van der Waals surface area (Å²) >= 11 is 2.99. The van der Waals surface area contributed by atoms with Crippen molar-refractivity contribution in [2.75, 3.05) is 7.05 Å². The zero-order chi connectivity index (χ0) is 10.9. The minimum absolute atomic E-state index is 0.0199. The zero-order valence-corrected chi connectivity index (χ0v) is 7.32. The SMILES string of the molecule is [2H]c1nc([2H])c(C(=O)NC)c(Br)c1[2H]. The summed E-state index contributed by atoms with van der Waals surface area (Å²) in [6.45, 7) is 0. The zero-order valence-electron chi connectivity index (χ0n) is 8.73. The Hall–Kier alpha value is -0.900. The number of nitrogens with one attached hydrogen (secondary N) is 1. The van der Waals surface area contributed by atoms with Gasteiger partial charge < -0.3 is 5.32 Å². The molecule has 0 unspecified atom stereocenters. The van der Waals surface area contributed by atoms with E-state index in [0.717, 1.165) is 0 Å². The number of rotatable bonds is 1. The standard InChI is InChI=1S/C7H7BrN2O/c1-9-7(11)5-4-10-3-2-6(5)8/h2-4H,1H3,(H,9,11)/i2D,3D,4D. The van der Waals surface area contributed by atoms with Crippen molar-refractivity contribution in [2.24, 2.45) is 0 Å². The maximum atomic E-state index is 11.3. The number of hydrogen-bond acceptors (Lipinski definition) is 2. The first-order chi connectivity index (χ1) is 6.49. The van der Waals surface area contributed by atoms with E-state index in [2.05, 4.69) is 26.2 Å². The lowest BCUT2D eigenvalue weighted by molar-refractivity contribution is 0.0962. The van der Waals surface area contributed by atoms with Crippen LogP contribution in [0.3, 0.4) is 0 Å². The number of halogens is 1. The van der Waals surface area contributed by atoms with E-state index >= 15 is 0 Å². The molecule has 0 atom stereocenters. The van der Waals surface area contributed by atoms with Gasteiger partial charge in [0.15, 0.2) is 0 Å². The van der Waals surface area contributed by atoms with Gasteiger partial charge in [0.1, 0.15) is 0 Å². The number of hydrogen-bond donors (Lipinski definition) is 1. The van der Waals surface area contributed by atoms with E-state index in [-0.39, 0.29) is 28.4 Å². The summed E-state index contributed by atoms with van der Waals surface area (Å²) in [5.41, 5.74) is -0.0199. The first kappa shape index (κ1) is 4.87. The molecule has 58 valence electrons. The van der Waals surface area contributed by atoms with Crippen molar-refractivity contribution in [1.29, 1.82) is 0 Å². The van der Waals surface area contributed by atoms with Gasteiger partial charge in [-0.1, -0.05) is 0 Å². The summed E-state index contributed by atoms with van der Waals surface area (Å²) in [5, 5.41) is 2.34. The average molecular weight is 218 g/mol. The quantitative estimate of drug-likeness (QED) is 0.769. The Morgan fingerprint density at radius 3 is 3.27 bits per heavy atom. The van der Waals surface area contributed by atoms with Crippen LogP contribution in [0.5, 0.6) is 0 Å². The molecular weight excluding hydrogens is 208 g/mol. The summed E-state index contributed by atoms with van der Waals surface area (Å²) < 4.78 is 22.1. The highest BCUT2D eigenvalue weighted by atomic mass is 79.9. The number of aromatic nitrogens is 1. The molecule has 0 radical (unpaired) electrons. The molecule has 0 aliphatic heterocycles. The third-order valence-corrected chi connectivity index (χ3v) is 1.66. The first-order valence-electron chi connectivity index (χ1n) is 4.34. The van der Waals surface area contributed by atoms with Crippen LogP contribution in [-0.4, -0.2) is 17.9 Å². The van der Waals surface area contributed by atoms with Crippen molar-refractivity contribution in [1.82, 2.24) is 10.3 Å². The molecule has 0 saturated carbocycles. The van der Waals surface area contributed by atoms with Gasteiger partial charge in [0.25, 0.3) is 5.91 Å². The van der Waals surface area contributed by atoms with Crippen LogP contribution in [-0.2, 0) is 0 Å². The first-order valence-corrected chi connectivity index (χ1v) is 3.63. The van der Waals surface area contributed by atoms with Crippen molar-refractivity contribution in [2.45, 2.75) is 0 Å². The van der Waals surface area contributed by atoms with Gasteiger partial charge in [-0.3, -0.25) is 9.78 Å². The largest absolute Gasteiger partial charge is 0.355 e. The number of nitrogens with zero attached hydrogens (tertiary/aromatic N) is 1. The number of amides is 1. The van der Waals surface area contributed by atoms with Crippen LogP contribution in [0.2, 0.25) is 0 Å². The highest BCUT2D eigenvalue weighted by molar-refractivity contribution is 9.10. The molecule has 0 saturated heterocycles. The third kappa shape index (κ3) is 1.77. The molecule has 1 aromatic rings. The molecule has 1 N–H and O–H groups in total. The number of carbonyl (C=O) groups is 1. The van der Waals surface area contributed by atoms with Gasteiger partial charge in [-0.25, -0.2) is 0 Å². The molecule has 0 aliphatic carbocycles. The maximum absolute atomic E-state index is 11.3. The Balaban J connectivity index is 3.44. The van der Waals surface area contributed by atoms with Gasteiger partial charge in [0.2, 0.25) is 0 Å². The van der Waals surface area contributed by atoms with E-state index in [0.29, 0.717) is 0 Å². The van der Waals surface area contributed by atoms with Gasteiger partial charge >= 0.3 is 0 Å². The molecule has 1 heterocycles. The normalized spacial score (nSPS) is 13.1. The van der Waals surface area contributed by atoms with Crippen molar-refractivity contribution >= 4 is 21.8 Å². The Bertz CT molecular complexity index is 397. The summed E-state index contributed by atoms with van der Waals surface area (Å²) in [6.07, 6.45) is -0.633. The monoisotopic (exact) mass is 217 g/mol. The molecule has 1 amide bonds. The van der Waals surface area contributed by atoms with Crippen LogP contribution in [0, 0.1) is 0 Å². The van der Waals surface area contributed by atoms with E-state index in [1.807, 2.05) is 0 Å². The van der Waals surface area contributed by atoms with E-state index in [4.69, 9.17) is 4.11 Å². The van der Waals surface area contributed by atoms with Gasteiger partial charge in [-0.2, -0.15) is 0 Å². The highest BCUT2D eigenvalue weighted by Crippen LogP contribution is 2.13. The third-order valence-electron chi connectivity index (χ3n) is 1.06.